The molecule has 5 rings (SSSR count). The normalized spacial score (nSPS) is 17.1. The molecule has 1 aliphatic heterocycles. The number of nitrogens with zero attached hydrogens (tertiary/aromatic N) is 1. The molecule has 0 radical (unpaired) electrons. The number of fused-ring (bicyclic) bond motifs is 1. The predicted molar refractivity (Wildman–Crippen MR) is 137 cm³/mol. The first-order valence-corrected chi connectivity index (χ1v) is 13.3. The number of halogens is 5. The van der Waals surface area contributed by atoms with Gasteiger partial charge in [-0.15, -0.1) is 13.2 Å². The number of aromatic nitrogens is 1. The van der Waals surface area contributed by atoms with Gasteiger partial charge in [0.05, 0.1) is 17.0 Å². The molecule has 0 saturated carbocycles. The summed E-state index contributed by atoms with van der Waals surface area (Å²) in [4.78, 5) is 12.4. The van der Waals surface area contributed by atoms with Crippen LogP contribution in [-0.4, -0.2) is 19.3 Å². The van der Waals surface area contributed by atoms with Gasteiger partial charge >= 0.3 is 6.36 Å². The molecule has 0 saturated heterocycles. The third-order valence-corrected chi connectivity index (χ3v) is 8.34. The average molecular weight is 581 g/mol. The molecule has 6 nitrogen and oxygen atoms in total. The quantitative estimate of drug-likeness (QED) is 0.286. The summed E-state index contributed by atoms with van der Waals surface area (Å²) in [6, 6.07) is 18.7. The van der Waals surface area contributed by atoms with Crippen molar-refractivity contribution in [3.63, 3.8) is 0 Å². The summed E-state index contributed by atoms with van der Waals surface area (Å²) in [7, 11) is -4.40. The van der Waals surface area contributed by atoms with Crippen LogP contribution in [-0.2, 0) is 9.84 Å². The Morgan fingerprint density at radius 2 is 1.45 bits per heavy atom. The van der Waals surface area contributed by atoms with Crippen LogP contribution in [0.2, 0.25) is 10.0 Å². The molecule has 1 aromatic heterocycles. The van der Waals surface area contributed by atoms with Crippen LogP contribution in [0.1, 0.15) is 23.2 Å². The largest absolute Gasteiger partial charge is 0.573 e. The topological polar surface area (TPSA) is 77.4 Å². The number of pyridine rings is 1. The van der Waals surface area contributed by atoms with Gasteiger partial charge in [-0.25, -0.2) is 8.42 Å². The third-order valence-electron chi connectivity index (χ3n) is 6.05. The van der Waals surface area contributed by atoms with E-state index in [1.807, 2.05) is 0 Å². The van der Waals surface area contributed by atoms with Crippen molar-refractivity contribution in [2.45, 2.75) is 28.2 Å². The second-order valence-corrected chi connectivity index (χ2v) is 11.2. The van der Waals surface area contributed by atoms with E-state index in [9.17, 15) is 26.4 Å². The van der Waals surface area contributed by atoms with Gasteiger partial charge in [-0.05, 0) is 59.7 Å². The summed E-state index contributed by atoms with van der Waals surface area (Å²) in [5.41, 5.74) is 0.927. The Kier molecular flexibility index (Phi) is 6.66. The molecule has 3 aromatic carbocycles. The summed E-state index contributed by atoms with van der Waals surface area (Å²) in [5, 5.41) is 4.14. The first-order valence-electron chi connectivity index (χ1n) is 11.1. The molecule has 38 heavy (non-hydrogen) atoms. The van der Waals surface area contributed by atoms with Crippen LogP contribution in [0, 0.1) is 0 Å². The monoisotopic (exact) mass is 580 g/mol. The van der Waals surface area contributed by atoms with E-state index < -0.39 is 44.5 Å². The summed E-state index contributed by atoms with van der Waals surface area (Å²) in [6.07, 6.45) is -5.00. The summed E-state index contributed by atoms with van der Waals surface area (Å²) in [5.74, 6) is -0.686. The molecule has 0 amide bonds. The highest BCUT2D eigenvalue weighted by Gasteiger charge is 2.39. The zero-order chi connectivity index (χ0) is 27.2. The minimum Gasteiger partial charge on any atom is -0.406 e. The van der Waals surface area contributed by atoms with Crippen LogP contribution in [0.4, 0.5) is 19.0 Å². The van der Waals surface area contributed by atoms with E-state index in [-0.39, 0.29) is 10.7 Å². The molecule has 2 atom stereocenters. The van der Waals surface area contributed by atoms with Gasteiger partial charge in [-0.3, -0.25) is 9.36 Å². The van der Waals surface area contributed by atoms with E-state index in [2.05, 4.69) is 10.1 Å². The highest BCUT2D eigenvalue weighted by molar-refractivity contribution is 7.91. The van der Waals surface area contributed by atoms with Gasteiger partial charge in [0, 0.05) is 16.1 Å². The number of sulfone groups is 1. The van der Waals surface area contributed by atoms with Gasteiger partial charge < -0.3 is 10.1 Å². The van der Waals surface area contributed by atoms with Crippen LogP contribution in [0.3, 0.4) is 0 Å². The number of hydrogen-bond acceptors (Lipinski definition) is 5. The Labute approximate surface area is 225 Å². The van der Waals surface area contributed by atoms with E-state index in [1.165, 1.54) is 4.57 Å². The van der Waals surface area contributed by atoms with Crippen LogP contribution >= 0.6 is 23.2 Å². The van der Waals surface area contributed by atoms with Crippen molar-refractivity contribution in [1.29, 1.82) is 0 Å². The van der Waals surface area contributed by atoms with E-state index in [0.29, 0.717) is 15.6 Å². The lowest BCUT2D eigenvalue weighted by Crippen LogP contribution is -2.24. The van der Waals surface area contributed by atoms with Crippen molar-refractivity contribution in [3.8, 4) is 5.75 Å². The van der Waals surface area contributed by atoms with Crippen LogP contribution in [0.15, 0.2) is 99.5 Å². The molecule has 2 heterocycles. The second kappa shape index (κ2) is 9.68. The van der Waals surface area contributed by atoms with Crippen molar-refractivity contribution in [1.82, 2.24) is 4.57 Å². The minimum absolute atomic E-state index is 0.000423. The van der Waals surface area contributed by atoms with Crippen LogP contribution in [0.25, 0.3) is 0 Å². The van der Waals surface area contributed by atoms with Gasteiger partial charge in [-0.1, -0.05) is 53.5 Å². The second-order valence-electron chi connectivity index (χ2n) is 8.45. The number of hydrogen-bond donors (Lipinski definition) is 1. The minimum atomic E-state index is -5.00. The standard InChI is InChI=1S/C26H17Cl2F3N2O4S/c27-17-8-4-15(5-9-17)23-24(16-6-10-18(28)11-7-16)33-22(34)13-12-21(25(33)32-23)38(35,36)20-3-1-2-19(14-20)37-26(29,30)31/h1-14,23-24,32H/t23-,24+/m1/s1. The van der Waals surface area contributed by atoms with Crippen molar-refractivity contribution < 1.29 is 26.3 Å². The van der Waals surface area contributed by atoms with E-state index in [0.717, 1.165) is 42.0 Å². The Balaban J connectivity index is 1.68. The zero-order valence-corrected chi connectivity index (χ0v) is 21.4. The zero-order valence-electron chi connectivity index (χ0n) is 19.1. The fourth-order valence-corrected chi connectivity index (χ4v) is 6.14. The molecular weight excluding hydrogens is 564 g/mol. The predicted octanol–water partition coefficient (Wildman–Crippen LogP) is 6.64. The van der Waals surface area contributed by atoms with E-state index in [1.54, 1.807) is 48.5 Å². The fraction of sp³-hybridized carbons (Fsp3) is 0.115. The first kappa shape index (κ1) is 26.1. The number of anilines is 1. The smallest absolute Gasteiger partial charge is 0.406 e. The van der Waals surface area contributed by atoms with Gasteiger partial charge in [0.2, 0.25) is 9.84 Å². The van der Waals surface area contributed by atoms with Gasteiger partial charge in [0.25, 0.3) is 5.56 Å². The Morgan fingerprint density at radius 3 is 2.05 bits per heavy atom. The molecule has 12 heteroatoms. The number of alkyl halides is 3. The van der Waals surface area contributed by atoms with Gasteiger partial charge in [0.1, 0.15) is 16.5 Å². The Morgan fingerprint density at radius 1 is 0.842 bits per heavy atom. The van der Waals surface area contributed by atoms with E-state index in [4.69, 9.17) is 23.2 Å². The fourth-order valence-electron chi connectivity index (χ4n) is 4.45. The summed E-state index contributed by atoms with van der Waals surface area (Å²) >= 11 is 12.1. The maximum Gasteiger partial charge on any atom is 0.573 e. The number of benzene rings is 3. The molecule has 0 unspecified atom stereocenters. The molecule has 0 fully saturated rings. The van der Waals surface area contributed by atoms with Crippen molar-refractivity contribution in [3.05, 3.63) is 116 Å². The maximum absolute atomic E-state index is 13.7. The van der Waals surface area contributed by atoms with E-state index >= 15 is 0 Å². The lowest BCUT2D eigenvalue weighted by molar-refractivity contribution is -0.274. The van der Waals surface area contributed by atoms with Gasteiger partial charge in [-0.2, -0.15) is 0 Å². The van der Waals surface area contributed by atoms with Crippen LogP contribution < -0.4 is 15.6 Å². The lowest BCUT2D eigenvalue weighted by Gasteiger charge is -2.22. The molecule has 0 bridgehead atoms. The molecule has 4 aromatic rings. The summed E-state index contributed by atoms with van der Waals surface area (Å²) < 4.78 is 70.8. The molecular formula is C26H17Cl2F3N2O4S. The van der Waals surface area contributed by atoms with Crippen molar-refractivity contribution in [2.75, 3.05) is 5.32 Å². The highest BCUT2D eigenvalue weighted by Crippen LogP contribution is 2.45. The lowest BCUT2D eigenvalue weighted by atomic mass is 9.94. The van der Waals surface area contributed by atoms with Gasteiger partial charge in [0.15, 0.2) is 0 Å². The number of nitrogens with one attached hydrogen (secondary N) is 1. The summed E-state index contributed by atoms with van der Waals surface area (Å²) in [6.45, 7) is 0. The Bertz CT molecular complexity index is 1670. The molecule has 196 valence electrons. The first-order chi connectivity index (χ1) is 17.9. The third kappa shape index (κ3) is 4.99. The number of rotatable bonds is 5. The van der Waals surface area contributed by atoms with Crippen LogP contribution in [0.5, 0.6) is 5.75 Å². The Hall–Kier alpha value is -3.47. The molecule has 1 N–H and O–H groups in total. The molecule has 0 spiro atoms. The average Bonchev–Trinajstić information content (AvgIpc) is 3.25. The number of ether oxygens (including phenoxy) is 1. The van der Waals surface area contributed by atoms with Crippen molar-refractivity contribution >= 4 is 38.9 Å². The SMILES string of the molecule is O=c1ccc(S(=O)(=O)c2cccc(OC(F)(F)F)c2)c2n1[C@@H](c1ccc(Cl)cc1)[C@@H](c1ccc(Cl)cc1)N2. The highest BCUT2D eigenvalue weighted by atomic mass is 35.5. The molecule has 1 aliphatic rings. The molecule has 0 aliphatic carbocycles. The maximum atomic E-state index is 13.7. The van der Waals surface area contributed by atoms with Crippen molar-refractivity contribution in [2.24, 2.45) is 0 Å².